The molecule has 3 rings (SSSR count). The summed E-state index contributed by atoms with van der Waals surface area (Å²) in [6, 6.07) is 13.2. The maximum absolute atomic E-state index is 12.5. The van der Waals surface area contributed by atoms with E-state index in [1.54, 1.807) is 0 Å². The second kappa shape index (κ2) is 8.15. The number of anilines is 1. The molecule has 1 saturated heterocycles. The Labute approximate surface area is 154 Å². The van der Waals surface area contributed by atoms with Gasteiger partial charge in [0.25, 0.3) is 5.91 Å². The molecule has 0 saturated carbocycles. The van der Waals surface area contributed by atoms with Crippen molar-refractivity contribution in [3.8, 4) is 0 Å². The predicted octanol–water partition coefficient (Wildman–Crippen LogP) is 2.96. The highest BCUT2D eigenvalue weighted by Gasteiger charge is 2.17. The number of hydrogen-bond acceptors (Lipinski definition) is 3. The van der Waals surface area contributed by atoms with Gasteiger partial charge in [0.05, 0.1) is 19.6 Å². The van der Waals surface area contributed by atoms with E-state index in [1.165, 1.54) is 0 Å². The molecule has 1 aliphatic rings. The third-order valence-electron chi connectivity index (χ3n) is 4.78. The molecule has 0 bridgehead atoms. The Morgan fingerprint density at radius 2 is 1.73 bits per heavy atom. The van der Waals surface area contributed by atoms with Crippen molar-refractivity contribution in [3.63, 3.8) is 0 Å². The van der Waals surface area contributed by atoms with E-state index in [0.29, 0.717) is 38.3 Å². The maximum Gasteiger partial charge on any atom is 0.255 e. The van der Waals surface area contributed by atoms with E-state index in [4.69, 9.17) is 4.74 Å². The molecule has 2 aromatic carbocycles. The highest BCUT2D eigenvalue weighted by molar-refractivity contribution is 6.05. The summed E-state index contributed by atoms with van der Waals surface area (Å²) in [5.74, 6) is -0.0104. The van der Waals surface area contributed by atoms with Gasteiger partial charge in [0.15, 0.2) is 0 Å². The fourth-order valence-corrected chi connectivity index (χ4v) is 3.00. The molecule has 26 heavy (non-hydrogen) atoms. The highest BCUT2D eigenvalue weighted by atomic mass is 16.5. The van der Waals surface area contributed by atoms with Crippen LogP contribution in [-0.2, 0) is 16.0 Å². The van der Waals surface area contributed by atoms with Crippen LogP contribution in [0.2, 0.25) is 0 Å². The number of aryl methyl sites for hydroxylation is 1. The van der Waals surface area contributed by atoms with Crippen LogP contribution in [0.3, 0.4) is 0 Å². The van der Waals surface area contributed by atoms with Crippen molar-refractivity contribution in [2.24, 2.45) is 0 Å². The topological polar surface area (TPSA) is 58.6 Å². The lowest BCUT2D eigenvalue weighted by atomic mass is 10.0. The zero-order valence-corrected chi connectivity index (χ0v) is 15.2. The van der Waals surface area contributed by atoms with Crippen molar-refractivity contribution >= 4 is 17.5 Å². The van der Waals surface area contributed by atoms with Crippen molar-refractivity contribution in [3.05, 3.63) is 64.7 Å². The Kier molecular flexibility index (Phi) is 5.68. The zero-order valence-electron chi connectivity index (χ0n) is 15.2. The molecule has 1 aliphatic heterocycles. The summed E-state index contributed by atoms with van der Waals surface area (Å²) < 4.78 is 5.27. The molecule has 1 heterocycles. The molecule has 5 nitrogen and oxygen atoms in total. The Balaban J connectivity index is 1.61. The summed E-state index contributed by atoms with van der Waals surface area (Å²) in [5, 5.41) is 2.92. The van der Waals surface area contributed by atoms with Crippen molar-refractivity contribution in [1.82, 2.24) is 4.90 Å². The van der Waals surface area contributed by atoms with Crippen LogP contribution in [0.25, 0.3) is 0 Å². The average Bonchev–Trinajstić information content (AvgIpc) is 2.66. The third-order valence-corrected chi connectivity index (χ3v) is 4.78. The van der Waals surface area contributed by atoms with Crippen LogP contribution in [0, 0.1) is 13.8 Å². The molecule has 1 N–H and O–H groups in total. The predicted molar refractivity (Wildman–Crippen MR) is 101 cm³/mol. The number of rotatable bonds is 4. The lowest BCUT2D eigenvalue weighted by Crippen LogP contribution is -2.41. The fraction of sp³-hybridized carbons (Fsp3) is 0.333. The van der Waals surface area contributed by atoms with Gasteiger partial charge in [-0.3, -0.25) is 9.59 Å². The van der Waals surface area contributed by atoms with Crippen molar-refractivity contribution in [2.75, 3.05) is 31.6 Å². The van der Waals surface area contributed by atoms with Gasteiger partial charge in [-0.2, -0.15) is 0 Å². The van der Waals surface area contributed by atoms with Crippen LogP contribution in [0.5, 0.6) is 0 Å². The largest absolute Gasteiger partial charge is 0.378 e. The molecular weight excluding hydrogens is 328 g/mol. The fourth-order valence-electron chi connectivity index (χ4n) is 3.00. The summed E-state index contributed by atoms with van der Waals surface area (Å²) in [4.78, 5) is 26.6. The standard InChI is InChI=1S/C21H24N2O3/c1-15-4-3-5-19(16(15)2)21(25)22-18-8-6-17(7-9-18)14-20(24)23-10-12-26-13-11-23/h3-9H,10-14H2,1-2H3,(H,22,25). The second-order valence-electron chi connectivity index (χ2n) is 6.57. The van der Waals surface area contributed by atoms with E-state index in [-0.39, 0.29) is 11.8 Å². The van der Waals surface area contributed by atoms with Crippen LogP contribution >= 0.6 is 0 Å². The molecular formula is C21H24N2O3. The molecule has 0 aromatic heterocycles. The van der Waals surface area contributed by atoms with Crippen LogP contribution in [0.4, 0.5) is 5.69 Å². The molecule has 2 amide bonds. The summed E-state index contributed by atoms with van der Waals surface area (Å²) in [6.07, 6.45) is 0.366. The maximum atomic E-state index is 12.5. The van der Waals surface area contributed by atoms with E-state index >= 15 is 0 Å². The van der Waals surface area contributed by atoms with Crippen LogP contribution in [0.1, 0.15) is 27.0 Å². The van der Waals surface area contributed by atoms with E-state index in [1.807, 2.05) is 61.2 Å². The minimum absolute atomic E-state index is 0.112. The number of nitrogens with one attached hydrogen (secondary N) is 1. The van der Waals surface area contributed by atoms with E-state index in [0.717, 1.165) is 22.4 Å². The first kappa shape index (κ1) is 18.1. The van der Waals surface area contributed by atoms with Gasteiger partial charge in [-0.05, 0) is 48.7 Å². The molecule has 0 spiro atoms. The van der Waals surface area contributed by atoms with Crippen molar-refractivity contribution in [2.45, 2.75) is 20.3 Å². The Bertz CT molecular complexity index is 793. The van der Waals surface area contributed by atoms with Crippen molar-refractivity contribution < 1.29 is 14.3 Å². The molecule has 0 atom stereocenters. The number of nitrogens with zero attached hydrogens (tertiary/aromatic N) is 1. The normalized spacial score (nSPS) is 14.2. The first-order valence-electron chi connectivity index (χ1n) is 8.86. The molecule has 136 valence electrons. The number of ether oxygens (including phenoxy) is 1. The highest BCUT2D eigenvalue weighted by Crippen LogP contribution is 2.16. The molecule has 0 aliphatic carbocycles. The smallest absolute Gasteiger partial charge is 0.255 e. The number of morpholine rings is 1. The Hall–Kier alpha value is -2.66. The number of benzene rings is 2. The monoisotopic (exact) mass is 352 g/mol. The molecule has 5 heteroatoms. The number of carbonyl (C=O) groups excluding carboxylic acids is 2. The van der Waals surface area contributed by atoms with E-state index in [9.17, 15) is 9.59 Å². The Morgan fingerprint density at radius 1 is 1.04 bits per heavy atom. The van der Waals surface area contributed by atoms with Crippen molar-refractivity contribution in [1.29, 1.82) is 0 Å². The van der Waals surface area contributed by atoms with Gasteiger partial charge in [-0.15, -0.1) is 0 Å². The SMILES string of the molecule is Cc1cccc(C(=O)Nc2ccc(CC(=O)N3CCOCC3)cc2)c1C. The van der Waals surface area contributed by atoms with Gasteiger partial charge in [0.2, 0.25) is 5.91 Å². The molecule has 2 aromatic rings. The summed E-state index contributed by atoms with van der Waals surface area (Å²) in [6.45, 7) is 6.47. The van der Waals surface area contributed by atoms with Crippen LogP contribution in [0.15, 0.2) is 42.5 Å². The Morgan fingerprint density at radius 3 is 2.42 bits per heavy atom. The number of hydrogen-bond donors (Lipinski definition) is 1. The van der Waals surface area contributed by atoms with Gasteiger partial charge in [0.1, 0.15) is 0 Å². The van der Waals surface area contributed by atoms with Gasteiger partial charge < -0.3 is 15.0 Å². The van der Waals surface area contributed by atoms with E-state index < -0.39 is 0 Å². The lowest BCUT2D eigenvalue weighted by molar-refractivity contribution is -0.134. The van der Waals surface area contributed by atoms with Gasteiger partial charge in [0, 0.05) is 24.3 Å². The third kappa shape index (κ3) is 4.29. The first-order chi connectivity index (χ1) is 12.5. The summed E-state index contributed by atoms with van der Waals surface area (Å²) in [7, 11) is 0. The average molecular weight is 352 g/mol. The number of amides is 2. The molecule has 1 fully saturated rings. The summed E-state index contributed by atoms with van der Waals surface area (Å²) >= 11 is 0. The van der Waals surface area contributed by atoms with Crippen LogP contribution < -0.4 is 5.32 Å². The number of carbonyl (C=O) groups is 2. The first-order valence-corrected chi connectivity index (χ1v) is 8.86. The quantitative estimate of drug-likeness (QED) is 0.920. The van der Waals surface area contributed by atoms with Gasteiger partial charge >= 0.3 is 0 Å². The minimum atomic E-state index is -0.122. The minimum Gasteiger partial charge on any atom is -0.378 e. The van der Waals surface area contributed by atoms with Gasteiger partial charge in [-0.25, -0.2) is 0 Å². The lowest BCUT2D eigenvalue weighted by Gasteiger charge is -2.26. The summed E-state index contributed by atoms with van der Waals surface area (Å²) in [5.41, 5.74) is 4.41. The van der Waals surface area contributed by atoms with E-state index in [2.05, 4.69) is 5.32 Å². The van der Waals surface area contributed by atoms with Gasteiger partial charge in [-0.1, -0.05) is 24.3 Å². The van der Waals surface area contributed by atoms with Crippen LogP contribution in [-0.4, -0.2) is 43.0 Å². The zero-order chi connectivity index (χ0) is 18.5. The second-order valence-corrected chi connectivity index (χ2v) is 6.57. The molecule has 0 unspecified atom stereocenters. The molecule has 0 radical (unpaired) electrons.